The van der Waals surface area contributed by atoms with E-state index in [-0.39, 0.29) is 11.9 Å². The fraction of sp³-hybridized carbons (Fsp3) is 0.167. The molecule has 0 bridgehead atoms. The number of carbonyl (C=O) groups is 1. The highest BCUT2D eigenvalue weighted by Crippen LogP contribution is 2.24. The molecule has 0 unspecified atom stereocenters. The molecule has 112 valence electrons. The molecule has 0 aliphatic carbocycles. The normalized spacial score (nSPS) is 12.0. The molecular weight excluding hydrogens is 278 g/mol. The fourth-order valence-electron chi connectivity index (χ4n) is 2.41. The van der Waals surface area contributed by atoms with Crippen molar-refractivity contribution in [2.45, 2.75) is 19.5 Å². The Morgan fingerprint density at radius 1 is 1.00 bits per heavy atom. The maximum absolute atomic E-state index is 12.7. The Labute approximate surface area is 129 Å². The van der Waals surface area contributed by atoms with Gasteiger partial charge >= 0.3 is 0 Å². The number of nitrogens with zero attached hydrogens (tertiary/aromatic N) is 1. The Morgan fingerprint density at radius 2 is 1.73 bits per heavy atom. The van der Waals surface area contributed by atoms with E-state index in [0.717, 1.165) is 11.3 Å². The smallest absolute Gasteiger partial charge is 0.290 e. The molecule has 1 amide bonds. The zero-order valence-corrected chi connectivity index (χ0v) is 12.3. The highest BCUT2D eigenvalue weighted by molar-refractivity contribution is 5.91. The second-order valence-electron chi connectivity index (χ2n) is 5.08. The first-order valence-electron chi connectivity index (χ1n) is 7.17. The molecule has 0 fully saturated rings. The summed E-state index contributed by atoms with van der Waals surface area (Å²) in [7, 11) is 0. The molecule has 0 aliphatic rings. The number of carbonyl (C=O) groups excluding carboxylic acids is 1. The molecule has 0 aliphatic heterocycles. The van der Waals surface area contributed by atoms with Crippen LogP contribution in [0.25, 0.3) is 0 Å². The van der Waals surface area contributed by atoms with Gasteiger partial charge in [0, 0.05) is 0 Å². The van der Waals surface area contributed by atoms with E-state index in [2.05, 4.69) is 0 Å². The van der Waals surface area contributed by atoms with Crippen LogP contribution in [0, 0.1) is 0 Å². The lowest BCUT2D eigenvalue weighted by molar-refractivity contribution is 0.0626. The monoisotopic (exact) mass is 295 g/mol. The molecule has 4 heteroatoms. The van der Waals surface area contributed by atoms with Crippen LogP contribution in [0.5, 0.6) is 0 Å². The minimum absolute atomic E-state index is 0.0936. The van der Waals surface area contributed by atoms with Gasteiger partial charge in [0.2, 0.25) is 0 Å². The Morgan fingerprint density at radius 3 is 2.36 bits per heavy atom. The summed E-state index contributed by atoms with van der Waals surface area (Å²) < 4.78 is 10.7. The minimum atomic E-state index is -0.155. The molecule has 0 N–H and O–H groups in total. The molecule has 2 aromatic heterocycles. The minimum Gasteiger partial charge on any atom is -0.467 e. The van der Waals surface area contributed by atoms with Gasteiger partial charge in [0.15, 0.2) is 5.76 Å². The van der Waals surface area contributed by atoms with E-state index in [1.54, 1.807) is 23.3 Å². The SMILES string of the molecule is C[C@@H](c1ccccc1)N(Cc1ccco1)C(=O)c1ccco1. The van der Waals surface area contributed by atoms with Crippen LogP contribution >= 0.6 is 0 Å². The second-order valence-corrected chi connectivity index (χ2v) is 5.08. The average molecular weight is 295 g/mol. The lowest BCUT2D eigenvalue weighted by Gasteiger charge is -2.28. The topological polar surface area (TPSA) is 46.6 Å². The molecular formula is C18H17NO3. The fourth-order valence-corrected chi connectivity index (χ4v) is 2.41. The first kappa shape index (κ1) is 14.2. The van der Waals surface area contributed by atoms with E-state index in [9.17, 15) is 4.79 Å². The Kier molecular flexibility index (Phi) is 4.10. The molecule has 2 heterocycles. The van der Waals surface area contributed by atoms with Gasteiger partial charge in [-0.1, -0.05) is 30.3 Å². The Hall–Kier alpha value is -2.75. The van der Waals surface area contributed by atoms with Crippen molar-refractivity contribution < 1.29 is 13.6 Å². The predicted molar refractivity (Wildman–Crippen MR) is 82.1 cm³/mol. The first-order valence-corrected chi connectivity index (χ1v) is 7.17. The molecule has 0 spiro atoms. The molecule has 3 rings (SSSR count). The van der Waals surface area contributed by atoms with Crippen LogP contribution in [0.2, 0.25) is 0 Å². The van der Waals surface area contributed by atoms with Gasteiger partial charge in [-0.3, -0.25) is 4.79 Å². The molecule has 0 saturated heterocycles. The van der Waals surface area contributed by atoms with Crippen LogP contribution in [-0.2, 0) is 6.54 Å². The van der Waals surface area contributed by atoms with Gasteiger partial charge in [0.1, 0.15) is 5.76 Å². The summed E-state index contributed by atoms with van der Waals surface area (Å²) in [6.45, 7) is 2.39. The van der Waals surface area contributed by atoms with E-state index in [1.807, 2.05) is 49.4 Å². The predicted octanol–water partition coefficient (Wildman–Crippen LogP) is 4.28. The second kappa shape index (κ2) is 6.35. The van der Waals surface area contributed by atoms with Crippen LogP contribution in [0.1, 0.15) is 34.8 Å². The summed E-state index contributed by atoms with van der Waals surface area (Å²) in [4.78, 5) is 14.5. The summed E-state index contributed by atoms with van der Waals surface area (Å²) >= 11 is 0. The van der Waals surface area contributed by atoms with Gasteiger partial charge in [0.05, 0.1) is 25.1 Å². The van der Waals surface area contributed by atoms with E-state index < -0.39 is 0 Å². The molecule has 22 heavy (non-hydrogen) atoms. The van der Waals surface area contributed by atoms with Crippen molar-refractivity contribution in [3.8, 4) is 0 Å². The third-order valence-corrected chi connectivity index (χ3v) is 3.65. The Bertz CT molecular complexity index is 702. The van der Waals surface area contributed by atoms with Crippen LogP contribution in [0.3, 0.4) is 0 Å². The third-order valence-electron chi connectivity index (χ3n) is 3.65. The number of hydrogen-bond donors (Lipinski definition) is 0. The summed E-state index contributed by atoms with van der Waals surface area (Å²) in [5.41, 5.74) is 1.06. The molecule has 1 aromatic carbocycles. The largest absolute Gasteiger partial charge is 0.467 e. The molecule has 0 radical (unpaired) electrons. The van der Waals surface area contributed by atoms with Crippen molar-refractivity contribution in [1.82, 2.24) is 4.90 Å². The maximum atomic E-state index is 12.7. The average Bonchev–Trinajstić information content (AvgIpc) is 3.25. The molecule has 1 atom stereocenters. The van der Waals surface area contributed by atoms with Crippen molar-refractivity contribution in [3.63, 3.8) is 0 Å². The Balaban J connectivity index is 1.90. The molecule has 0 saturated carbocycles. The van der Waals surface area contributed by atoms with E-state index in [1.165, 1.54) is 6.26 Å². The van der Waals surface area contributed by atoms with Crippen LogP contribution in [-0.4, -0.2) is 10.8 Å². The van der Waals surface area contributed by atoms with E-state index in [0.29, 0.717) is 12.3 Å². The molecule has 3 aromatic rings. The number of furan rings is 2. The molecule has 4 nitrogen and oxygen atoms in total. The lowest BCUT2D eigenvalue weighted by Crippen LogP contribution is -2.32. The zero-order chi connectivity index (χ0) is 15.4. The number of hydrogen-bond acceptors (Lipinski definition) is 3. The zero-order valence-electron chi connectivity index (χ0n) is 12.3. The highest BCUT2D eigenvalue weighted by atomic mass is 16.3. The van der Waals surface area contributed by atoms with E-state index >= 15 is 0 Å². The van der Waals surface area contributed by atoms with Gasteiger partial charge in [-0.15, -0.1) is 0 Å². The van der Waals surface area contributed by atoms with Crippen molar-refractivity contribution >= 4 is 5.91 Å². The summed E-state index contributed by atoms with van der Waals surface area (Å²) in [6, 6.07) is 16.9. The van der Waals surface area contributed by atoms with Crippen LogP contribution < -0.4 is 0 Å². The summed E-state index contributed by atoms with van der Waals surface area (Å²) in [6.07, 6.45) is 3.11. The third kappa shape index (κ3) is 2.96. The van der Waals surface area contributed by atoms with Crippen molar-refractivity contribution in [2.24, 2.45) is 0 Å². The van der Waals surface area contributed by atoms with Gasteiger partial charge in [-0.25, -0.2) is 0 Å². The van der Waals surface area contributed by atoms with Gasteiger partial charge in [0.25, 0.3) is 5.91 Å². The summed E-state index contributed by atoms with van der Waals surface area (Å²) in [5.74, 6) is 0.912. The van der Waals surface area contributed by atoms with Gasteiger partial charge < -0.3 is 13.7 Å². The van der Waals surface area contributed by atoms with Crippen molar-refractivity contribution in [2.75, 3.05) is 0 Å². The van der Waals surface area contributed by atoms with Crippen molar-refractivity contribution in [1.29, 1.82) is 0 Å². The van der Waals surface area contributed by atoms with Gasteiger partial charge in [-0.05, 0) is 36.8 Å². The van der Waals surface area contributed by atoms with E-state index in [4.69, 9.17) is 8.83 Å². The standard InChI is InChI=1S/C18H17NO3/c1-14(15-7-3-2-4-8-15)19(13-16-9-5-11-21-16)18(20)17-10-6-12-22-17/h2-12,14H,13H2,1H3/t14-/m0/s1. The number of amides is 1. The maximum Gasteiger partial charge on any atom is 0.290 e. The quantitative estimate of drug-likeness (QED) is 0.706. The van der Waals surface area contributed by atoms with Gasteiger partial charge in [-0.2, -0.15) is 0 Å². The van der Waals surface area contributed by atoms with Crippen LogP contribution in [0.15, 0.2) is 76.0 Å². The number of rotatable bonds is 5. The summed E-state index contributed by atoms with van der Waals surface area (Å²) in [5, 5.41) is 0. The highest BCUT2D eigenvalue weighted by Gasteiger charge is 2.25. The number of benzene rings is 1. The van der Waals surface area contributed by atoms with Crippen molar-refractivity contribution in [3.05, 3.63) is 84.2 Å². The van der Waals surface area contributed by atoms with Crippen LogP contribution in [0.4, 0.5) is 0 Å². The first-order chi connectivity index (χ1) is 10.8. The lowest BCUT2D eigenvalue weighted by atomic mass is 10.1.